The van der Waals surface area contributed by atoms with Gasteiger partial charge in [0.15, 0.2) is 0 Å². The Labute approximate surface area is 212 Å². The normalized spacial score (nSPS) is 20.1. The van der Waals surface area contributed by atoms with Crippen molar-refractivity contribution in [2.45, 2.75) is 32.5 Å². The van der Waals surface area contributed by atoms with Crippen LogP contribution in [0.3, 0.4) is 0 Å². The van der Waals surface area contributed by atoms with Crippen LogP contribution in [0.4, 0.5) is 18.9 Å². The molecular weight excluding hydrogens is 489 g/mol. The molecular formula is C26H29F3N4O2S. The van der Waals surface area contributed by atoms with E-state index in [1.54, 1.807) is 18.2 Å². The first-order valence-electron chi connectivity index (χ1n) is 12.1. The lowest BCUT2D eigenvalue weighted by atomic mass is 9.99. The molecule has 3 aromatic rings. The fraction of sp³-hybridized carbons (Fsp3) is 0.462. The van der Waals surface area contributed by atoms with Gasteiger partial charge in [0.05, 0.1) is 20.8 Å². The number of thiazole rings is 1. The molecule has 2 aromatic carbocycles. The number of carbonyl (C=O) groups is 1. The van der Waals surface area contributed by atoms with Crippen molar-refractivity contribution in [1.82, 2.24) is 15.2 Å². The Morgan fingerprint density at radius 2 is 1.89 bits per heavy atom. The first-order chi connectivity index (χ1) is 17.1. The molecule has 1 aromatic heterocycles. The van der Waals surface area contributed by atoms with E-state index < -0.39 is 11.7 Å². The van der Waals surface area contributed by atoms with Crippen molar-refractivity contribution in [3.63, 3.8) is 0 Å². The number of alkyl halides is 3. The number of aryl methyl sites for hydroxylation is 1. The summed E-state index contributed by atoms with van der Waals surface area (Å²) in [5.74, 6) is 0.615. The van der Waals surface area contributed by atoms with Gasteiger partial charge in [-0.05, 0) is 56.3 Å². The standard InChI is InChI=1S/C26H29F3N4O2S/c1-15(19-13-24(34)30-14-19)35-23-12-18(11-21-25(23)36-16(2)31-21)17-4-5-22(20(10-17)26(27,28)29)33-8-6-32(3)7-9-33/h4-5,10-12,15,19H,6-9,13-14H2,1-3H3,(H,30,34)/t15?,19-/m1/s1. The molecule has 0 aliphatic carbocycles. The molecule has 2 fully saturated rings. The molecule has 0 spiro atoms. The zero-order valence-electron chi connectivity index (χ0n) is 20.5. The van der Waals surface area contributed by atoms with Crippen molar-refractivity contribution < 1.29 is 22.7 Å². The second kappa shape index (κ2) is 9.55. The van der Waals surface area contributed by atoms with Gasteiger partial charge in [-0.25, -0.2) is 4.98 Å². The molecule has 2 aliphatic rings. The van der Waals surface area contributed by atoms with E-state index in [0.29, 0.717) is 48.4 Å². The lowest BCUT2D eigenvalue weighted by molar-refractivity contribution is -0.137. The van der Waals surface area contributed by atoms with E-state index in [4.69, 9.17) is 4.74 Å². The highest BCUT2D eigenvalue weighted by Crippen LogP contribution is 2.42. The van der Waals surface area contributed by atoms with Crippen LogP contribution in [0, 0.1) is 12.8 Å². The van der Waals surface area contributed by atoms with Gasteiger partial charge in [0, 0.05) is 50.7 Å². The minimum absolute atomic E-state index is 0.00287. The molecule has 36 heavy (non-hydrogen) atoms. The van der Waals surface area contributed by atoms with Crippen molar-refractivity contribution in [3.05, 3.63) is 40.9 Å². The maximum atomic E-state index is 14.2. The minimum atomic E-state index is -4.48. The topological polar surface area (TPSA) is 57.7 Å². The second-order valence-electron chi connectivity index (χ2n) is 9.67. The summed E-state index contributed by atoms with van der Waals surface area (Å²) in [6.45, 7) is 6.91. The average Bonchev–Trinajstić information content (AvgIpc) is 3.43. The Hall–Kier alpha value is -2.85. The molecule has 192 valence electrons. The first-order valence-corrected chi connectivity index (χ1v) is 12.9. The van der Waals surface area contributed by atoms with Crippen LogP contribution < -0.4 is 15.0 Å². The van der Waals surface area contributed by atoms with Crippen LogP contribution in [-0.4, -0.2) is 61.7 Å². The predicted molar refractivity (Wildman–Crippen MR) is 136 cm³/mol. The van der Waals surface area contributed by atoms with Gasteiger partial charge in [-0.15, -0.1) is 11.3 Å². The fourth-order valence-electron chi connectivity index (χ4n) is 4.89. The van der Waals surface area contributed by atoms with Crippen LogP contribution in [0.2, 0.25) is 0 Å². The summed E-state index contributed by atoms with van der Waals surface area (Å²) in [4.78, 5) is 20.2. The summed E-state index contributed by atoms with van der Waals surface area (Å²) in [7, 11) is 1.98. The number of aromatic nitrogens is 1. The molecule has 0 saturated carbocycles. The molecule has 6 nitrogen and oxygen atoms in total. The van der Waals surface area contributed by atoms with E-state index in [-0.39, 0.29) is 23.6 Å². The Morgan fingerprint density at radius 1 is 1.14 bits per heavy atom. The number of nitrogens with zero attached hydrogens (tertiary/aromatic N) is 3. The number of rotatable bonds is 5. The highest BCUT2D eigenvalue weighted by molar-refractivity contribution is 7.18. The molecule has 10 heteroatoms. The van der Waals surface area contributed by atoms with Gasteiger partial charge < -0.3 is 19.9 Å². The van der Waals surface area contributed by atoms with E-state index in [9.17, 15) is 18.0 Å². The number of hydrogen-bond acceptors (Lipinski definition) is 6. The van der Waals surface area contributed by atoms with Gasteiger partial charge >= 0.3 is 6.18 Å². The third kappa shape index (κ3) is 5.01. The van der Waals surface area contributed by atoms with Gasteiger partial charge in [-0.2, -0.15) is 13.2 Å². The predicted octanol–water partition coefficient (Wildman–Crippen LogP) is 4.95. The zero-order chi connectivity index (χ0) is 25.6. The van der Waals surface area contributed by atoms with E-state index >= 15 is 0 Å². The highest BCUT2D eigenvalue weighted by atomic mass is 32.1. The zero-order valence-corrected chi connectivity index (χ0v) is 21.3. The lowest BCUT2D eigenvalue weighted by Crippen LogP contribution is -2.45. The third-order valence-electron chi connectivity index (χ3n) is 7.03. The minimum Gasteiger partial charge on any atom is -0.489 e. The Morgan fingerprint density at radius 3 is 2.56 bits per heavy atom. The molecule has 0 bridgehead atoms. The third-order valence-corrected chi connectivity index (χ3v) is 8.03. The smallest absolute Gasteiger partial charge is 0.418 e. The number of carbonyl (C=O) groups excluding carboxylic acids is 1. The fourth-order valence-corrected chi connectivity index (χ4v) is 5.75. The van der Waals surface area contributed by atoms with Crippen LogP contribution in [0.1, 0.15) is 23.9 Å². The second-order valence-corrected chi connectivity index (χ2v) is 10.9. The maximum absolute atomic E-state index is 14.2. The number of benzene rings is 2. The van der Waals surface area contributed by atoms with Gasteiger partial charge in [0.1, 0.15) is 11.9 Å². The van der Waals surface area contributed by atoms with Crippen LogP contribution in [0.25, 0.3) is 21.3 Å². The van der Waals surface area contributed by atoms with Gasteiger partial charge in [-0.1, -0.05) is 6.07 Å². The van der Waals surface area contributed by atoms with Crippen LogP contribution in [0.5, 0.6) is 5.75 Å². The lowest BCUT2D eigenvalue weighted by Gasteiger charge is -2.35. The van der Waals surface area contributed by atoms with E-state index in [1.165, 1.54) is 17.4 Å². The summed E-state index contributed by atoms with van der Waals surface area (Å²) in [5.41, 5.74) is 1.35. The molecule has 5 rings (SSSR count). The van der Waals surface area contributed by atoms with Crippen molar-refractivity contribution in [3.8, 4) is 16.9 Å². The summed E-state index contributed by atoms with van der Waals surface area (Å²) in [6, 6.07) is 8.18. The SMILES string of the molecule is Cc1nc2cc(-c3ccc(N4CCN(C)CC4)c(C(F)(F)F)c3)cc(OC(C)[C@H]3CNC(=O)C3)c2s1. The molecule has 2 atom stereocenters. The summed E-state index contributed by atoms with van der Waals surface area (Å²) < 4.78 is 49.7. The molecule has 1 N–H and O–H groups in total. The molecule has 2 saturated heterocycles. The highest BCUT2D eigenvalue weighted by Gasteiger charge is 2.36. The maximum Gasteiger partial charge on any atom is 0.418 e. The van der Waals surface area contributed by atoms with Gasteiger partial charge in [0.2, 0.25) is 5.91 Å². The van der Waals surface area contributed by atoms with Gasteiger partial charge in [0.25, 0.3) is 0 Å². The Bertz CT molecular complexity index is 1280. The Kier molecular flexibility index (Phi) is 6.59. The summed E-state index contributed by atoms with van der Waals surface area (Å²) in [6.07, 6.45) is -4.32. The van der Waals surface area contributed by atoms with Crippen molar-refractivity contribution in [1.29, 1.82) is 0 Å². The number of amides is 1. The number of likely N-dealkylation sites (N-methyl/N-ethyl adjacent to an activating group) is 1. The quantitative estimate of drug-likeness (QED) is 0.518. The number of hydrogen-bond donors (Lipinski definition) is 1. The largest absolute Gasteiger partial charge is 0.489 e. The number of ether oxygens (including phenoxy) is 1. The van der Waals surface area contributed by atoms with Crippen LogP contribution >= 0.6 is 11.3 Å². The van der Waals surface area contributed by atoms with Crippen molar-refractivity contribution in [2.75, 3.05) is 44.7 Å². The average molecular weight is 519 g/mol. The van der Waals surface area contributed by atoms with Crippen LogP contribution in [0.15, 0.2) is 30.3 Å². The number of piperazine rings is 1. The number of anilines is 1. The number of fused-ring (bicyclic) bond motifs is 1. The molecule has 3 heterocycles. The number of nitrogens with one attached hydrogen (secondary N) is 1. The summed E-state index contributed by atoms with van der Waals surface area (Å²) in [5, 5.41) is 3.67. The van der Waals surface area contributed by atoms with Crippen LogP contribution in [-0.2, 0) is 11.0 Å². The molecule has 1 unspecified atom stereocenters. The van der Waals surface area contributed by atoms with Gasteiger partial charge in [-0.3, -0.25) is 4.79 Å². The number of halogens is 3. The van der Waals surface area contributed by atoms with E-state index in [0.717, 1.165) is 22.8 Å². The summed E-state index contributed by atoms with van der Waals surface area (Å²) >= 11 is 1.49. The van der Waals surface area contributed by atoms with E-state index in [1.807, 2.05) is 31.9 Å². The first kappa shape index (κ1) is 24.8. The Balaban J connectivity index is 1.53. The van der Waals surface area contributed by atoms with Crippen molar-refractivity contribution >= 4 is 33.1 Å². The molecule has 0 radical (unpaired) electrons. The monoisotopic (exact) mass is 518 g/mol. The molecule has 2 aliphatic heterocycles. The molecule has 1 amide bonds. The van der Waals surface area contributed by atoms with E-state index in [2.05, 4.69) is 15.2 Å². The van der Waals surface area contributed by atoms with Crippen molar-refractivity contribution in [2.24, 2.45) is 5.92 Å².